The van der Waals surface area contributed by atoms with Crippen molar-refractivity contribution < 1.29 is 32.1 Å². The maximum atomic E-state index is 12.9. The molecule has 0 saturated carbocycles. The van der Waals surface area contributed by atoms with Crippen LogP contribution < -0.4 is 10.6 Å². The molecule has 2 amide bonds. The summed E-state index contributed by atoms with van der Waals surface area (Å²) in [6.07, 6.45) is 1.87. The highest BCUT2D eigenvalue weighted by Gasteiger charge is 2.35. The van der Waals surface area contributed by atoms with Gasteiger partial charge < -0.3 is 15.1 Å². The van der Waals surface area contributed by atoms with Gasteiger partial charge in [0.25, 0.3) is 15.9 Å². The Labute approximate surface area is 201 Å². The van der Waals surface area contributed by atoms with Crippen molar-refractivity contribution in [3.8, 4) is 0 Å². The van der Waals surface area contributed by atoms with Crippen molar-refractivity contribution in [2.45, 2.75) is 43.8 Å². The van der Waals surface area contributed by atoms with E-state index < -0.39 is 63.0 Å². The average molecular weight is 508 g/mol. The second-order valence-corrected chi connectivity index (χ2v) is 10.2. The summed E-state index contributed by atoms with van der Waals surface area (Å²) in [5.74, 6) is -3.32. The van der Waals surface area contributed by atoms with Crippen LogP contribution in [-0.2, 0) is 19.6 Å². The largest absolute Gasteiger partial charge is 0.433 e. The van der Waals surface area contributed by atoms with Crippen molar-refractivity contribution in [3.63, 3.8) is 0 Å². The number of rotatable bonds is 8. The van der Waals surface area contributed by atoms with Crippen LogP contribution in [-0.4, -0.2) is 65.4 Å². The minimum Gasteiger partial charge on any atom is -0.395 e. The zero-order valence-corrected chi connectivity index (χ0v) is 19.9. The first-order chi connectivity index (χ1) is 16.5. The van der Waals surface area contributed by atoms with Crippen molar-refractivity contribution in [1.82, 2.24) is 19.9 Å². The second kappa shape index (κ2) is 10.7. The molecule has 0 aromatic carbocycles. The molecule has 2 atom stereocenters. The van der Waals surface area contributed by atoms with Gasteiger partial charge in [0, 0.05) is 12.7 Å². The Morgan fingerprint density at radius 3 is 2.60 bits per heavy atom. The van der Waals surface area contributed by atoms with Crippen LogP contribution in [0.1, 0.15) is 37.2 Å². The Morgan fingerprint density at radius 2 is 2.00 bits per heavy atom. The number of ketones is 1. The molecule has 13 nitrogen and oxygen atoms in total. The molecule has 0 spiro atoms. The Balaban J connectivity index is 1.67. The summed E-state index contributed by atoms with van der Waals surface area (Å²) >= 11 is 0. The Kier molecular flexibility index (Phi) is 7.96. The number of aromatic nitrogens is 1. The fraction of sp³-hybridized carbons (Fsp3) is 0.429. The number of carbonyl (C=O) groups excluding carboxylic acids is 3. The van der Waals surface area contributed by atoms with Gasteiger partial charge in [-0.25, -0.2) is 13.4 Å². The number of nitro groups is 1. The van der Waals surface area contributed by atoms with Crippen molar-refractivity contribution in [2.75, 3.05) is 13.1 Å². The van der Waals surface area contributed by atoms with Crippen LogP contribution in [0.25, 0.3) is 0 Å². The van der Waals surface area contributed by atoms with E-state index in [9.17, 15) is 32.9 Å². The third-order valence-corrected chi connectivity index (χ3v) is 7.17. The van der Waals surface area contributed by atoms with Crippen molar-refractivity contribution >= 4 is 33.5 Å². The van der Waals surface area contributed by atoms with E-state index in [0.29, 0.717) is 6.42 Å². The van der Waals surface area contributed by atoms with Gasteiger partial charge in [-0.05, 0) is 37.0 Å². The number of hydrogen-bond acceptors (Lipinski definition) is 9. The smallest absolute Gasteiger partial charge is 0.395 e. The minimum atomic E-state index is -3.98. The van der Waals surface area contributed by atoms with Gasteiger partial charge in [0.2, 0.25) is 5.91 Å². The summed E-state index contributed by atoms with van der Waals surface area (Å²) in [4.78, 5) is 52.0. The van der Waals surface area contributed by atoms with Crippen LogP contribution in [0.5, 0.6) is 0 Å². The highest BCUT2D eigenvalue weighted by atomic mass is 32.2. The summed E-state index contributed by atoms with van der Waals surface area (Å²) in [6.45, 7) is 2.99. The number of hydrogen-bond donors (Lipinski definition) is 2. The van der Waals surface area contributed by atoms with E-state index in [2.05, 4.69) is 15.6 Å². The monoisotopic (exact) mass is 507 g/mol. The average Bonchev–Trinajstić information content (AvgIpc) is 3.24. The number of nitrogens with one attached hydrogen (secondary N) is 2. The SMILES string of the molecule is CC(C)C(NC(=O)c1ccc([N+](=O)[O-])o1)C(=O)NC1CCCN(S(=O)(=O)c2ccccn2)CC1=O. The molecule has 3 heterocycles. The first kappa shape index (κ1) is 26.0. The fourth-order valence-corrected chi connectivity index (χ4v) is 4.92. The zero-order chi connectivity index (χ0) is 25.8. The predicted octanol–water partition coefficient (Wildman–Crippen LogP) is 0.876. The normalized spacial score (nSPS) is 18.0. The molecule has 35 heavy (non-hydrogen) atoms. The second-order valence-electron chi connectivity index (χ2n) is 8.27. The molecule has 1 aliphatic heterocycles. The lowest BCUT2D eigenvalue weighted by atomic mass is 10.0. The lowest BCUT2D eigenvalue weighted by Crippen LogP contribution is -2.54. The highest BCUT2D eigenvalue weighted by Crippen LogP contribution is 2.19. The molecule has 3 rings (SSSR count). The van der Waals surface area contributed by atoms with E-state index in [1.165, 1.54) is 18.3 Å². The molecule has 1 fully saturated rings. The third kappa shape index (κ3) is 6.08. The summed E-state index contributed by atoms with van der Waals surface area (Å²) in [7, 11) is -3.98. The van der Waals surface area contributed by atoms with Gasteiger partial charge >= 0.3 is 5.88 Å². The van der Waals surface area contributed by atoms with Gasteiger partial charge in [-0.3, -0.25) is 24.5 Å². The number of nitrogens with zero attached hydrogens (tertiary/aromatic N) is 3. The molecule has 2 aromatic rings. The lowest BCUT2D eigenvalue weighted by molar-refractivity contribution is -0.402. The van der Waals surface area contributed by atoms with Crippen molar-refractivity contribution in [3.05, 3.63) is 52.4 Å². The number of furan rings is 1. The quantitative estimate of drug-likeness (QED) is 0.387. The zero-order valence-electron chi connectivity index (χ0n) is 19.0. The van der Waals surface area contributed by atoms with E-state index in [0.717, 1.165) is 16.4 Å². The van der Waals surface area contributed by atoms with Gasteiger partial charge in [0.15, 0.2) is 16.6 Å². The maximum absolute atomic E-state index is 12.9. The van der Waals surface area contributed by atoms with Gasteiger partial charge in [-0.2, -0.15) is 4.31 Å². The van der Waals surface area contributed by atoms with Crippen molar-refractivity contribution in [2.24, 2.45) is 5.92 Å². The molecule has 2 unspecified atom stereocenters. The molecular formula is C21H25N5O8S. The molecule has 0 radical (unpaired) electrons. The minimum absolute atomic E-state index is 0.0820. The highest BCUT2D eigenvalue weighted by molar-refractivity contribution is 7.89. The van der Waals surface area contributed by atoms with E-state index in [-0.39, 0.29) is 23.8 Å². The van der Waals surface area contributed by atoms with E-state index in [1.54, 1.807) is 19.9 Å². The van der Waals surface area contributed by atoms with Gasteiger partial charge in [-0.15, -0.1) is 0 Å². The maximum Gasteiger partial charge on any atom is 0.433 e. The first-order valence-corrected chi connectivity index (χ1v) is 12.2. The summed E-state index contributed by atoms with van der Waals surface area (Å²) in [5.41, 5.74) is 0. The molecule has 1 saturated heterocycles. The molecule has 1 aliphatic rings. The Hall–Kier alpha value is -3.65. The predicted molar refractivity (Wildman–Crippen MR) is 121 cm³/mol. The van der Waals surface area contributed by atoms with Crippen LogP contribution in [0.15, 0.2) is 46.0 Å². The van der Waals surface area contributed by atoms with Crippen LogP contribution in [0.3, 0.4) is 0 Å². The van der Waals surface area contributed by atoms with Crippen LogP contribution in [0.2, 0.25) is 0 Å². The Morgan fingerprint density at radius 1 is 1.26 bits per heavy atom. The van der Waals surface area contributed by atoms with Gasteiger partial charge in [0.05, 0.1) is 18.7 Å². The van der Waals surface area contributed by atoms with E-state index in [1.807, 2.05) is 0 Å². The molecule has 0 bridgehead atoms. The first-order valence-electron chi connectivity index (χ1n) is 10.8. The van der Waals surface area contributed by atoms with E-state index >= 15 is 0 Å². The van der Waals surface area contributed by atoms with E-state index in [4.69, 9.17) is 4.42 Å². The van der Waals surface area contributed by atoms with Gasteiger partial charge in [-0.1, -0.05) is 19.9 Å². The van der Waals surface area contributed by atoms with Crippen LogP contribution >= 0.6 is 0 Å². The van der Waals surface area contributed by atoms with Crippen LogP contribution in [0, 0.1) is 16.0 Å². The third-order valence-electron chi connectivity index (χ3n) is 5.41. The lowest BCUT2D eigenvalue weighted by Gasteiger charge is -2.24. The fourth-order valence-electron chi connectivity index (χ4n) is 3.54. The standard InChI is InChI=1S/C21H25N5O8S/c1-13(2)19(24-20(28)16-8-9-18(34-16)26(30)31)21(29)23-14-6-5-11-25(12-15(14)27)35(32,33)17-7-3-4-10-22-17/h3-4,7-10,13-14,19H,5-6,11-12H2,1-2H3,(H,23,29)(H,24,28). The van der Waals surface area contributed by atoms with Gasteiger partial charge in [0.1, 0.15) is 11.0 Å². The molecule has 188 valence electrons. The Bertz CT molecular complexity index is 1210. The van der Waals surface area contributed by atoms with Crippen LogP contribution in [0.4, 0.5) is 5.88 Å². The molecule has 2 aromatic heterocycles. The summed E-state index contributed by atoms with van der Waals surface area (Å²) < 4.78 is 31.6. The summed E-state index contributed by atoms with van der Waals surface area (Å²) in [5, 5.41) is 15.7. The van der Waals surface area contributed by atoms with Crippen molar-refractivity contribution in [1.29, 1.82) is 0 Å². The molecule has 14 heteroatoms. The summed E-state index contributed by atoms with van der Waals surface area (Å²) in [6, 6.07) is 4.57. The molecular weight excluding hydrogens is 482 g/mol. The topological polar surface area (TPSA) is 182 Å². The molecule has 0 aliphatic carbocycles. The number of pyridine rings is 1. The number of sulfonamides is 1. The molecule has 2 N–H and O–H groups in total. The number of Topliss-reactive ketones (excluding diaryl/α,β-unsaturated/α-hetero) is 1. The number of carbonyl (C=O) groups is 3. The number of amides is 2.